The highest BCUT2D eigenvalue weighted by Crippen LogP contribution is 2.32. The molecule has 0 aliphatic rings. The van der Waals surface area contributed by atoms with Crippen molar-refractivity contribution in [1.82, 2.24) is 0 Å². The molecule has 0 N–H and O–H groups in total. The van der Waals surface area contributed by atoms with Crippen LogP contribution in [0.3, 0.4) is 0 Å². The normalized spacial score (nSPS) is 11.7. The van der Waals surface area contributed by atoms with Crippen LogP contribution in [0, 0.1) is 6.92 Å². The molecule has 0 spiro atoms. The third-order valence-electron chi connectivity index (χ3n) is 2.33. The minimum Gasteiger partial charge on any atom is -0.424 e. The van der Waals surface area contributed by atoms with Crippen LogP contribution in [0.4, 0.5) is 0 Å². The van der Waals surface area contributed by atoms with Gasteiger partial charge in [0.05, 0.1) is 0 Å². The largest absolute Gasteiger partial charge is 0.424 e. The number of rotatable bonds is 2. The molecule has 4 heteroatoms. The van der Waals surface area contributed by atoms with Crippen LogP contribution in [0.2, 0.25) is 0 Å². The first-order valence-electron chi connectivity index (χ1n) is 5.33. The molecule has 0 atom stereocenters. The third-order valence-corrected chi connectivity index (χ3v) is 2.69. The Bertz CT molecular complexity index is 420. The molecule has 2 nitrogen and oxygen atoms in total. The number of hydrogen-bond donors (Lipinski definition) is 0. The first kappa shape index (κ1) is 14.3. The summed E-state index contributed by atoms with van der Waals surface area (Å²) in [7, 11) is 0. The van der Waals surface area contributed by atoms with Crippen LogP contribution in [0.5, 0.6) is 5.75 Å². The van der Waals surface area contributed by atoms with E-state index in [9.17, 15) is 4.79 Å². The monoisotopic (exact) mass is 274 g/mol. The number of aryl methyl sites for hydroxylation is 1. The quantitative estimate of drug-likeness (QED) is 0.463. The van der Waals surface area contributed by atoms with Crippen LogP contribution in [0.15, 0.2) is 18.2 Å². The molecule has 0 unspecified atom stereocenters. The summed E-state index contributed by atoms with van der Waals surface area (Å²) in [5, 5.41) is 0. The maximum atomic E-state index is 11.4. The standard InChI is InChI=1S/C13H16Cl2O2/c1-8-5-6-9(13(2,3)4)10(7-8)17-12(16)11(14)15/h5-7,11H,1-4H3. The van der Waals surface area contributed by atoms with Crippen molar-refractivity contribution < 1.29 is 9.53 Å². The second-order valence-electron chi connectivity index (χ2n) is 4.97. The molecule has 0 saturated carbocycles. The zero-order chi connectivity index (χ0) is 13.2. The van der Waals surface area contributed by atoms with Gasteiger partial charge in [-0.05, 0) is 24.0 Å². The minimum absolute atomic E-state index is 0.114. The Hall–Kier alpha value is -0.730. The average Bonchev–Trinajstić information content (AvgIpc) is 2.15. The summed E-state index contributed by atoms with van der Waals surface area (Å²) in [4.78, 5) is 10.3. The Morgan fingerprint density at radius 2 is 1.88 bits per heavy atom. The van der Waals surface area contributed by atoms with E-state index in [2.05, 4.69) is 0 Å². The molecule has 0 saturated heterocycles. The summed E-state index contributed by atoms with van der Waals surface area (Å²) in [5.41, 5.74) is 1.85. The summed E-state index contributed by atoms with van der Waals surface area (Å²) in [6.45, 7) is 8.08. The molecule has 0 heterocycles. The molecule has 0 radical (unpaired) electrons. The van der Waals surface area contributed by atoms with Crippen molar-refractivity contribution in [2.45, 2.75) is 37.9 Å². The smallest absolute Gasteiger partial charge is 0.344 e. The molecule has 1 aromatic carbocycles. The van der Waals surface area contributed by atoms with Crippen LogP contribution in [-0.2, 0) is 10.2 Å². The number of carbonyl (C=O) groups excluding carboxylic acids is 1. The van der Waals surface area contributed by atoms with E-state index in [1.165, 1.54) is 0 Å². The number of carbonyl (C=O) groups is 1. The van der Waals surface area contributed by atoms with Crippen LogP contribution in [-0.4, -0.2) is 10.8 Å². The molecule has 0 aromatic heterocycles. The first-order valence-corrected chi connectivity index (χ1v) is 6.20. The lowest BCUT2D eigenvalue weighted by Crippen LogP contribution is -2.20. The number of hydrogen-bond acceptors (Lipinski definition) is 2. The summed E-state index contributed by atoms with van der Waals surface area (Å²) in [5.74, 6) is -0.127. The topological polar surface area (TPSA) is 26.3 Å². The van der Waals surface area contributed by atoms with Crippen LogP contribution < -0.4 is 4.74 Å². The molecule has 94 valence electrons. The molecule has 1 rings (SSSR count). The van der Waals surface area contributed by atoms with E-state index < -0.39 is 10.8 Å². The van der Waals surface area contributed by atoms with Gasteiger partial charge in [-0.3, -0.25) is 0 Å². The fourth-order valence-electron chi connectivity index (χ4n) is 1.49. The van der Waals surface area contributed by atoms with Gasteiger partial charge in [0, 0.05) is 5.56 Å². The van der Waals surface area contributed by atoms with Crippen molar-refractivity contribution in [2.75, 3.05) is 0 Å². The predicted molar refractivity (Wildman–Crippen MR) is 71.0 cm³/mol. The molecule has 0 fully saturated rings. The molecule has 1 aromatic rings. The van der Waals surface area contributed by atoms with E-state index in [0.717, 1.165) is 11.1 Å². The molecular weight excluding hydrogens is 259 g/mol. The Balaban J connectivity index is 3.12. The number of benzene rings is 1. The molecule has 0 aliphatic carbocycles. The Morgan fingerprint density at radius 1 is 1.29 bits per heavy atom. The lowest BCUT2D eigenvalue weighted by Gasteiger charge is -2.22. The van der Waals surface area contributed by atoms with Gasteiger partial charge in [0.25, 0.3) is 0 Å². The highest BCUT2D eigenvalue weighted by Gasteiger charge is 2.22. The van der Waals surface area contributed by atoms with Crippen LogP contribution in [0.1, 0.15) is 31.9 Å². The molecular formula is C13H16Cl2O2. The summed E-state index contributed by atoms with van der Waals surface area (Å²) in [6, 6.07) is 5.75. The van der Waals surface area contributed by atoms with Gasteiger partial charge in [-0.1, -0.05) is 56.1 Å². The maximum Gasteiger partial charge on any atom is 0.344 e. The number of esters is 1. The summed E-state index contributed by atoms with van der Waals surface area (Å²) < 4.78 is 5.21. The SMILES string of the molecule is Cc1ccc(C(C)(C)C)c(OC(=O)C(Cl)Cl)c1. The van der Waals surface area contributed by atoms with Gasteiger partial charge in [0.15, 0.2) is 0 Å². The van der Waals surface area contributed by atoms with Gasteiger partial charge < -0.3 is 4.74 Å². The third kappa shape index (κ3) is 3.90. The minimum atomic E-state index is -1.16. The highest BCUT2D eigenvalue weighted by atomic mass is 35.5. The van der Waals surface area contributed by atoms with Crippen molar-refractivity contribution in [2.24, 2.45) is 0 Å². The Kier molecular flexibility index (Phi) is 4.45. The van der Waals surface area contributed by atoms with Crippen molar-refractivity contribution >= 4 is 29.2 Å². The lowest BCUT2D eigenvalue weighted by molar-refractivity contribution is -0.132. The second kappa shape index (κ2) is 5.28. The van der Waals surface area contributed by atoms with Crippen LogP contribution in [0.25, 0.3) is 0 Å². The van der Waals surface area contributed by atoms with Gasteiger partial charge in [-0.2, -0.15) is 0 Å². The van der Waals surface area contributed by atoms with E-state index in [1.807, 2.05) is 45.9 Å². The molecule has 0 aliphatic heterocycles. The van der Waals surface area contributed by atoms with Gasteiger partial charge in [0.1, 0.15) is 5.75 Å². The average molecular weight is 275 g/mol. The van der Waals surface area contributed by atoms with Gasteiger partial charge in [-0.25, -0.2) is 4.79 Å². The zero-order valence-electron chi connectivity index (χ0n) is 10.4. The summed E-state index contributed by atoms with van der Waals surface area (Å²) >= 11 is 11.0. The molecule has 0 bridgehead atoms. The lowest BCUT2D eigenvalue weighted by atomic mass is 9.86. The Labute approximate surface area is 112 Å². The predicted octanol–water partition coefficient (Wildman–Crippen LogP) is 4.00. The fourth-order valence-corrected chi connectivity index (χ4v) is 1.58. The van der Waals surface area contributed by atoms with E-state index in [1.54, 1.807) is 0 Å². The first-order chi connectivity index (χ1) is 7.71. The second-order valence-corrected chi connectivity index (χ2v) is 6.07. The van der Waals surface area contributed by atoms with Crippen molar-refractivity contribution in [3.63, 3.8) is 0 Å². The van der Waals surface area contributed by atoms with Crippen molar-refractivity contribution in [3.05, 3.63) is 29.3 Å². The van der Waals surface area contributed by atoms with E-state index >= 15 is 0 Å². The summed E-state index contributed by atoms with van der Waals surface area (Å²) in [6.07, 6.45) is 0. The van der Waals surface area contributed by atoms with E-state index in [4.69, 9.17) is 27.9 Å². The number of ether oxygens (including phenoxy) is 1. The highest BCUT2D eigenvalue weighted by molar-refractivity contribution is 6.53. The fraction of sp³-hybridized carbons (Fsp3) is 0.462. The number of alkyl halides is 2. The van der Waals surface area contributed by atoms with Crippen molar-refractivity contribution in [1.29, 1.82) is 0 Å². The van der Waals surface area contributed by atoms with Gasteiger partial charge in [0.2, 0.25) is 4.84 Å². The molecule has 0 amide bonds. The molecule has 17 heavy (non-hydrogen) atoms. The maximum absolute atomic E-state index is 11.4. The van der Waals surface area contributed by atoms with E-state index in [-0.39, 0.29) is 5.41 Å². The Morgan fingerprint density at radius 3 is 2.35 bits per heavy atom. The van der Waals surface area contributed by atoms with E-state index in [0.29, 0.717) is 5.75 Å². The zero-order valence-corrected chi connectivity index (χ0v) is 11.9. The van der Waals surface area contributed by atoms with Gasteiger partial charge >= 0.3 is 5.97 Å². The van der Waals surface area contributed by atoms with Gasteiger partial charge in [-0.15, -0.1) is 0 Å². The van der Waals surface area contributed by atoms with Crippen LogP contribution >= 0.6 is 23.2 Å². The number of halogens is 2. The van der Waals surface area contributed by atoms with Crippen molar-refractivity contribution in [3.8, 4) is 5.75 Å².